The van der Waals surface area contributed by atoms with Crippen LogP contribution < -0.4 is 15.0 Å². The largest absolute Gasteiger partial charge is 0.497 e. The van der Waals surface area contributed by atoms with Crippen molar-refractivity contribution in [3.05, 3.63) is 78.1 Å². The van der Waals surface area contributed by atoms with Crippen molar-refractivity contribution in [2.24, 2.45) is 4.99 Å². The standard InChI is InChI=1S/C24H30N6O/c1-25-24(26-16-21-17-27-30(19-21)18-20-7-4-3-5-8-20)29-13-11-28(12-14-29)22-9-6-10-23(15-22)31-2/h3-10,15,17,19H,11-14,16,18H2,1-2H3,(H,25,26). The monoisotopic (exact) mass is 418 g/mol. The van der Waals surface area contributed by atoms with E-state index in [4.69, 9.17) is 4.74 Å². The Bertz CT molecular complexity index is 992. The molecule has 1 aromatic heterocycles. The highest BCUT2D eigenvalue weighted by Crippen LogP contribution is 2.22. The average molecular weight is 419 g/mol. The van der Waals surface area contributed by atoms with Crippen molar-refractivity contribution in [3.63, 3.8) is 0 Å². The van der Waals surface area contributed by atoms with E-state index in [1.807, 2.05) is 36.1 Å². The van der Waals surface area contributed by atoms with Gasteiger partial charge in [-0.15, -0.1) is 0 Å². The van der Waals surface area contributed by atoms with Crippen LogP contribution in [0.25, 0.3) is 0 Å². The van der Waals surface area contributed by atoms with Crippen LogP contribution in [0.4, 0.5) is 5.69 Å². The first-order valence-electron chi connectivity index (χ1n) is 10.6. The van der Waals surface area contributed by atoms with Gasteiger partial charge in [-0.3, -0.25) is 9.67 Å². The number of guanidine groups is 1. The second-order valence-corrected chi connectivity index (χ2v) is 7.61. The second kappa shape index (κ2) is 10.0. The zero-order chi connectivity index (χ0) is 21.5. The van der Waals surface area contributed by atoms with Gasteiger partial charge < -0.3 is 19.9 Å². The van der Waals surface area contributed by atoms with E-state index in [9.17, 15) is 0 Å². The first-order chi connectivity index (χ1) is 15.2. The molecule has 1 aliphatic rings. The number of anilines is 1. The number of piperazine rings is 1. The Hall–Kier alpha value is -3.48. The Labute approximate surface area is 184 Å². The molecule has 0 aliphatic carbocycles. The minimum Gasteiger partial charge on any atom is -0.497 e. The molecule has 1 fully saturated rings. The normalized spacial score (nSPS) is 14.6. The number of methoxy groups -OCH3 is 1. The SMILES string of the molecule is CN=C(NCc1cnn(Cc2ccccc2)c1)N1CCN(c2cccc(OC)c2)CC1. The van der Waals surface area contributed by atoms with Crippen LogP contribution in [0.15, 0.2) is 72.0 Å². The van der Waals surface area contributed by atoms with Crippen LogP contribution in [0.5, 0.6) is 5.75 Å². The van der Waals surface area contributed by atoms with Crippen LogP contribution in [0, 0.1) is 0 Å². The van der Waals surface area contributed by atoms with E-state index in [2.05, 4.69) is 67.8 Å². The summed E-state index contributed by atoms with van der Waals surface area (Å²) in [6, 6.07) is 18.6. The lowest BCUT2D eigenvalue weighted by molar-refractivity contribution is 0.372. The van der Waals surface area contributed by atoms with Gasteiger partial charge in [0, 0.05) is 63.3 Å². The van der Waals surface area contributed by atoms with Gasteiger partial charge in [0.25, 0.3) is 0 Å². The highest BCUT2D eigenvalue weighted by Gasteiger charge is 2.20. The molecule has 1 saturated heterocycles. The fraction of sp³-hybridized carbons (Fsp3) is 0.333. The minimum atomic E-state index is 0.706. The van der Waals surface area contributed by atoms with E-state index < -0.39 is 0 Å². The maximum absolute atomic E-state index is 5.36. The van der Waals surface area contributed by atoms with Crippen molar-refractivity contribution in [3.8, 4) is 5.75 Å². The molecule has 0 bridgehead atoms. The van der Waals surface area contributed by atoms with E-state index in [0.29, 0.717) is 6.54 Å². The number of rotatable bonds is 6. The number of ether oxygens (including phenoxy) is 1. The van der Waals surface area contributed by atoms with E-state index >= 15 is 0 Å². The molecule has 4 rings (SSSR count). The molecule has 0 atom stereocenters. The molecule has 1 N–H and O–H groups in total. The van der Waals surface area contributed by atoms with Gasteiger partial charge >= 0.3 is 0 Å². The maximum atomic E-state index is 5.36. The number of benzene rings is 2. The molecule has 2 heterocycles. The predicted molar refractivity (Wildman–Crippen MR) is 125 cm³/mol. The van der Waals surface area contributed by atoms with Gasteiger partial charge in [0.2, 0.25) is 0 Å². The van der Waals surface area contributed by atoms with Crippen molar-refractivity contribution in [2.45, 2.75) is 13.1 Å². The van der Waals surface area contributed by atoms with Crippen molar-refractivity contribution in [1.82, 2.24) is 20.0 Å². The van der Waals surface area contributed by atoms with Gasteiger partial charge in [0.1, 0.15) is 5.75 Å². The Morgan fingerprint density at radius 2 is 1.84 bits per heavy atom. The molecular formula is C24H30N6O. The number of nitrogens with zero attached hydrogens (tertiary/aromatic N) is 5. The van der Waals surface area contributed by atoms with E-state index in [1.165, 1.54) is 11.3 Å². The van der Waals surface area contributed by atoms with Crippen molar-refractivity contribution >= 4 is 11.6 Å². The average Bonchev–Trinajstić information content (AvgIpc) is 3.27. The van der Waals surface area contributed by atoms with Crippen molar-refractivity contribution in [2.75, 3.05) is 45.2 Å². The van der Waals surface area contributed by atoms with Crippen LogP contribution in [-0.2, 0) is 13.1 Å². The van der Waals surface area contributed by atoms with E-state index in [0.717, 1.165) is 50.0 Å². The Morgan fingerprint density at radius 3 is 2.58 bits per heavy atom. The van der Waals surface area contributed by atoms with Crippen LogP contribution in [0.3, 0.4) is 0 Å². The molecule has 0 unspecified atom stereocenters. The zero-order valence-corrected chi connectivity index (χ0v) is 18.2. The number of hydrogen-bond acceptors (Lipinski definition) is 4. The van der Waals surface area contributed by atoms with Gasteiger partial charge in [-0.1, -0.05) is 36.4 Å². The smallest absolute Gasteiger partial charge is 0.194 e. The maximum Gasteiger partial charge on any atom is 0.194 e. The predicted octanol–water partition coefficient (Wildman–Crippen LogP) is 2.84. The summed E-state index contributed by atoms with van der Waals surface area (Å²) in [4.78, 5) is 9.19. The molecule has 0 saturated carbocycles. The summed E-state index contributed by atoms with van der Waals surface area (Å²) in [5.74, 6) is 1.83. The van der Waals surface area contributed by atoms with Crippen LogP contribution >= 0.6 is 0 Å². The number of aliphatic imine (C=N–C) groups is 1. The lowest BCUT2D eigenvalue weighted by Gasteiger charge is -2.37. The molecule has 0 amide bonds. The number of nitrogens with one attached hydrogen (secondary N) is 1. The minimum absolute atomic E-state index is 0.706. The van der Waals surface area contributed by atoms with Crippen molar-refractivity contribution < 1.29 is 4.74 Å². The third kappa shape index (κ3) is 5.36. The van der Waals surface area contributed by atoms with E-state index in [-0.39, 0.29) is 0 Å². The lowest BCUT2D eigenvalue weighted by atomic mass is 10.2. The summed E-state index contributed by atoms with van der Waals surface area (Å²) >= 11 is 0. The fourth-order valence-corrected chi connectivity index (χ4v) is 3.85. The van der Waals surface area contributed by atoms with Crippen LogP contribution in [0.1, 0.15) is 11.1 Å². The van der Waals surface area contributed by atoms with Gasteiger partial charge in [0.15, 0.2) is 5.96 Å². The molecule has 162 valence electrons. The number of aromatic nitrogens is 2. The lowest BCUT2D eigenvalue weighted by Crippen LogP contribution is -2.52. The topological polar surface area (TPSA) is 57.9 Å². The zero-order valence-electron chi connectivity index (χ0n) is 18.2. The van der Waals surface area contributed by atoms with Gasteiger partial charge in [-0.05, 0) is 17.7 Å². The molecule has 2 aromatic carbocycles. The second-order valence-electron chi connectivity index (χ2n) is 7.61. The molecule has 7 nitrogen and oxygen atoms in total. The molecule has 3 aromatic rings. The molecule has 31 heavy (non-hydrogen) atoms. The van der Waals surface area contributed by atoms with Crippen LogP contribution in [0.2, 0.25) is 0 Å². The third-order valence-electron chi connectivity index (χ3n) is 5.53. The van der Waals surface area contributed by atoms with Crippen LogP contribution in [-0.4, -0.2) is 61.0 Å². The highest BCUT2D eigenvalue weighted by atomic mass is 16.5. The summed E-state index contributed by atoms with van der Waals surface area (Å²) < 4.78 is 7.33. The number of hydrogen-bond donors (Lipinski definition) is 1. The molecule has 0 radical (unpaired) electrons. The van der Waals surface area contributed by atoms with Crippen molar-refractivity contribution in [1.29, 1.82) is 0 Å². The summed E-state index contributed by atoms with van der Waals surface area (Å²) in [5.41, 5.74) is 3.59. The summed E-state index contributed by atoms with van der Waals surface area (Å²) in [5, 5.41) is 7.98. The Balaban J connectivity index is 1.28. The Morgan fingerprint density at radius 1 is 1.03 bits per heavy atom. The summed E-state index contributed by atoms with van der Waals surface area (Å²) in [6.07, 6.45) is 4.01. The highest BCUT2D eigenvalue weighted by molar-refractivity contribution is 5.80. The molecular weight excluding hydrogens is 388 g/mol. The summed E-state index contributed by atoms with van der Waals surface area (Å²) in [6.45, 7) is 5.22. The molecule has 1 aliphatic heterocycles. The first-order valence-corrected chi connectivity index (χ1v) is 10.6. The van der Waals surface area contributed by atoms with Gasteiger partial charge in [0.05, 0.1) is 19.9 Å². The van der Waals surface area contributed by atoms with Gasteiger partial charge in [-0.2, -0.15) is 5.10 Å². The van der Waals surface area contributed by atoms with Gasteiger partial charge in [-0.25, -0.2) is 0 Å². The first kappa shape index (κ1) is 20.8. The Kier molecular flexibility index (Phi) is 6.72. The third-order valence-corrected chi connectivity index (χ3v) is 5.53. The molecule has 0 spiro atoms. The fourth-order valence-electron chi connectivity index (χ4n) is 3.85. The van der Waals surface area contributed by atoms with E-state index in [1.54, 1.807) is 7.11 Å². The summed E-state index contributed by atoms with van der Waals surface area (Å²) in [7, 11) is 3.55. The quantitative estimate of drug-likeness (QED) is 0.493. The molecule has 7 heteroatoms.